The molecule has 1 aliphatic rings. The van der Waals surface area contributed by atoms with Gasteiger partial charge in [0, 0.05) is 44.3 Å². The van der Waals surface area contributed by atoms with Crippen LogP contribution in [0.5, 0.6) is 5.75 Å². The molecule has 1 aromatic carbocycles. The molecule has 2 N–H and O–H groups in total. The summed E-state index contributed by atoms with van der Waals surface area (Å²) < 4.78 is 5.40. The average molecular weight is 263 g/mol. The molecule has 2 rings (SSSR count). The molecule has 1 unspecified atom stereocenters. The van der Waals surface area contributed by atoms with Crippen LogP contribution in [0.3, 0.4) is 0 Å². The Hall–Kier alpha value is -1.10. The van der Waals surface area contributed by atoms with Gasteiger partial charge >= 0.3 is 0 Å². The summed E-state index contributed by atoms with van der Waals surface area (Å²) in [7, 11) is 3.91. The minimum Gasteiger partial charge on any atom is -0.496 e. The summed E-state index contributed by atoms with van der Waals surface area (Å²) in [6.07, 6.45) is 0. The zero-order valence-corrected chi connectivity index (χ0v) is 12.2. The highest BCUT2D eigenvalue weighted by atomic mass is 16.5. The van der Waals surface area contributed by atoms with Crippen LogP contribution in [0.25, 0.3) is 0 Å². The van der Waals surface area contributed by atoms with Crippen LogP contribution in [0.15, 0.2) is 18.2 Å². The van der Waals surface area contributed by atoms with E-state index in [1.54, 1.807) is 7.11 Å². The maximum absolute atomic E-state index is 5.40. The summed E-state index contributed by atoms with van der Waals surface area (Å²) in [6.45, 7) is 7.28. The topological polar surface area (TPSA) is 36.5 Å². The van der Waals surface area contributed by atoms with Gasteiger partial charge in [0.05, 0.1) is 7.11 Å². The molecule has 1 aromatic rings. The fourth-order valence-corrected chi connectivity index (χ4v) is 2.55. The Labute approximate surface area is 116 Å². The molecule has 19 heavy (non-hydrogen) atoms. The molecule has 1 aliphatic heterocycles. The molecule has 0 radical (unpaired) electrons. The van der Waals surface area contributed by atoms with Gasteiger partial charge in [-0.25, -0.2) is 0 Å². The van der Waals surface area contributed by atoms with Crippen molar-refractivity contribution in [1.82, 2.24) is 15.5 Å². The minimum absolute atomic E-state index is 0.537. The third-order valence-electron chi connectivity index (χ3n) is 3.60. The number of piperazine rings is 1. The first-order chi connectivity index (χ1) is 9.19. The smallest absolute Gasteiger partial charge is 0.123 e. The van der Waals surface area contributed by atoms with Crippen molar-refractivity contribution in [2.24, 2.45) is 0 Å². The first-order valence-corrected chi connectivity index (χ1v) is 6.95. The van der Waals surface area contributed by atoms with Crippen LogP contribution in [0, 0.1) is 6.92 Å². The summed E-state index contributed by atoms with van der Waals surface area (Å²) in [4.78, 5) is 2.37. The van der Waals surface area contributed by atoms with E-state index < -0.39 is 0 Å². The lowest BCUT2D eigenvalue weighted by molar-refractivity contribution is 0.235. The molecule has 0 amide bonds. The van der Waals surface area contributed by atoms with Gasteiger partial charge in [-0.3, -0.25) is 0 Å². The SMILES string of the molecule is COc1ccc(C)cc1CNCC1CN(C)CCN1. The highest BCUT2D eigenvalue weighted by Crippen LogP contribution is 2.19. The van der Waals surface area contributed by atoms with E-state index in [2.05, 4.69) is 41.6 Å². The Balaban J connectivity index is 1.83. The van der Waals surface area contributed by atoms with E-state index in [4.69, 9.17) is 4.74 Å². The van der Waals surface area contributed by atoms with Gasteiger partial charge in [-0.2, -0.15) is 0 Å². The van der Waals surface area contributed by atoms with E-state index in [0.717, 1.165) is 38.5 Å². The molecular weight excluding hydrogens is 238 g/mol. The number of aryl methyl sites for hydroxylation is 1. The quantitative estimate of drug-likeness (QED) is 0.831. The number of rotatable bonds is 5. The van der Waals surface area contributed by atoms with E-state index in [-0.39, 0.29) is 0 Å². The number of nitrogens with one attached hydrogen (secondary N) is 2. The maximum Gasteiger partial charge on any atom is 0.123 e. The van der Waals surface area contributed by atoms with Gasteiger partial charge in [-0.15, -0.1) is 0 Å². The van der Waals surface area contributed by atoms with Crippen LogP contribution in [0.1, 0.15) is 11.1 Å². The number of ether oxygens (including phenoxy) is 1. The largest absolute Gasteiger partial charge is 0.496 e. The summed E-state index contributed by atoms with van der Waals surface area (Å²) in [5.74, 6) is 0.965. The lowest BCUT2D eigenvalue weighted by atomic mass is 10.1. The highest BCUT2D eigenvalue weighted by Gasteiger charge is 2.15. The number of methoxy groups -OCH3 is 1. The van der Waals surface area contributed by atoms with E-state index in [1.807, 2.05) is 6.07 Å². The molecule has 1 heterocycles. The van der Waals surface area contributed by atoms with E-state index in [1.165, 1.54) is 11.1 Å². The van der Waals surface area contributed by atoms with Gasteiger partial charge in [0.25, 0.3) is 0 Å². The fourth-order valence-electron chi connectivity index (χ4n) is 2.55. The van der Waals surface area contributed by atoms with Gasteiger partial charge in [0.15, 0.2) is 0 Å². The maximum atomic E-state index is 5.40. The average Bonchev–Trinajstić information content (AvgIpc) is 2.39. The Morgan fingerprint density at radius 2 is 2.32 bits per heavy atom. The first kappa shape index (κ1) is 14.3. The van der Waals surface area contributed by atoms with Crippen LogP contribution < -0.4 is 15.4 Å². The first-order valence-electron chi connectivity index (χ1n) is 6.95. The number of hydrogen-bond acceptors (Lipinski definition) is 4. The Morgan fingerprint density at radius 3 is 3.05 bits per heavy atom. The zero-order valence-electron chi connectivity index (χ0n) is 12.2. The van der Waals surface area contributed by atoms with Crippen molar-refractivity contribution in [2.75, 3.05) is 40.3 Å². The molecular formula is C15H25N3O. The molecule has 1 fully saturated rings. The molecule has 0 saturated carbocycles. The number of benzene rings is 1. The second kappa shape index (κ2) is 6.89. The summed E-state index contributed by atoms with van der Waals surface area (Å²) in [5.41, 5.74) is 2.50. The van der Waals surface area contributed by atoms with E-state index in [9.17, 15) is 0 Å². The molecule has 0 spiro atoms. The Morgan fingerprint density at radius 1 is 1.47 bits per heavy atom. The van der Waals surface area contributed by atoms with Gasteiger partial charge in [0.1, 0.15) is 5.75 Å². The van der Waals surface area contributed by atoms with Crippen molar-refractivity contribution in [3.05, 3.63) is 29.3 Å². The molecule has 0 aliphatic carbocycles. The second-order valence-electron chi connectivity index (χ2n) is 5.36. The Kier molecular flexibility index (Phi) is 5.19. The lowest BCUT2D eigenvalue weighted by Crippen LogP contribution is -2.52. The molecule has 106 valence electrons. The lowest BCUT2D eigenvalue weighted by Gasteiger charge is -2.31. The molecule has 0 aromatic heterocycles. The van der Waals surface area contributed by atoms with Crippen LogP contribution in [0.2, 0.25) is 0 Å². The van der Waals surface area contributed by atoms with Gasteiger partial charge < -0.3 is 20.3 Å². The normalized spacial score (nSPS) is 20.5. The predicted molar refractivity (Wildman–Crippen MR) is 78.7 cm³/mol. The van der Waals surface area contributed by atoms with Crippen molar-refractivity contribution in [3.8, 4) is 5.75 Å². The number of likely N-dealkylation sites (N-methyl/N-ethyl adjacent to an activating group) is 1. The molecule has 4 heteroatoms. The molecule has 1 saturated heterocycles. The van der Waals surface area contributed by atoms with Crippen LogP contribution in [-0.4, -0.2) is 51.3 Å². The van der Waals surface area contributed by atoms with Crippen LogP contribution >= 0.6 is 0 Å². The van der Waals surface area contributed by atoms with E-state index >= 15 is 0 Å². The van der Waals surface area contributed by atoms with Crippen molar-refractivity contribution >= 4 is 0 Å². The van der Waals surface area contributed by atoms with Crippen molar-refractivity contribution < 1.29 is 4.74 Å². The molecule has 0 bridgehead atoms. The zero-order chi connectivity index (χ0) is 13.7. The van der Waals surface area contributed by atoms with Crippen LogP contribution in [-0.2, 0) is 6.54 Å². The summed E-state index contributed by atoms with van der Waals surface area (Å²) in [5, 5.41) is 7.07. The van der Waals surface area contributed by atoms with Crippen LogP contribution in [0.4, 0.5) is 0 Å². The summed E-state index contributed by atoms with van der Waals surface area (Å²) >= 11 is 0. The molecule has 4 nitrogen and oxygen atoms in total. The van der Waals surface area contributed by atoms with Gasteiger partial charge in [0.2, 0.25) is 0 Å². The second-order valence-corrected chi connectivity index (χ2v) is 5.36. The van der Waals surface area contributed by atoms with Crippen molar-refractivity contribution in [3.63, 3.8) is 0 Å². The molecule has 1 atom stereocenters. The van der Waals surface area contributed by atoms with Gasteiger partial charge in [-0.05, 0) is 20.0 Å². The highest BCUT2D eigenvalue weighted by molar-refractivity contribution is 5.36. The predicted octanol–water partition coefficient (Wildman–Crippen LogP) is 0.997. The monoisotopic (exact) mass is 263 g/mol. The Bertz CT molecular complexity index is 408. The fraction of sp³-hybridized carbons (Fsp3) is 0.600. The van der Waals surface area contributed by atoms with Gasteiger partial charge in [-0.1, -0.05) is 17.7 Å². The van der Waals surface area contributed by atoms with Crippen molar-refractivity contribution in [2.45, 2.75) is 19.5 Å². The third kappa shape index (κ3) is 4.20. The summed E-state index contributed by atoms with van der Waals surface area (Å²) in [6, 6.07) is 6.85. The van der Waals surface area contributed by atoms with Crippen molar-refractivity contribution in [1.29, 1.82) is 0 Å². The minimum atomic E-state index is 0.537. The standard InChI is InChI=1S/C15H25N3O/c1-12-4-5-15(19-3)13(8-12)9-16-10-14-11-18(2)7-6-17-14/h4-5,8,14,16-17H,6-7,9-11H2,1-3H3. The number of hydrogen-bond donors (Lipinski definition) is 2. The third-order valence-corrected chi connectivity index (χ3v) is 3.60. The number of nitrogens with zero attached hydrogens (tertiary/aromatic N) is 1. The van der Waals surface area contributed by atoms with E-state index in [0.29, 0.717) is 6.04 Å².